The standard InChI is InChI=1S/C16H23N5OS/c1-11-4-5-13(10-12(11)2)18-14-15(23-16(22)21(14)17)20-8-6-19(3)7-9-20/h4-5,10,18H,6-9,17H2,1-3H3. The molecule has 1 aliphatic heterocycles. The van der Waals surface area contributed by atoms with E-state index < -0.39 is 0 Å². The van der Waals surface area contributed by atoms with E-state index in [1.54, 1.807) is 0 Å². The van der Waals surface area contributed by atoms with Crippen LogP contribution in [-0.4, -0.2) is 42.8 Å². The van der Waals surface area contributed by atoms with Gasteiger partial charge >= 0.3 is 4.87 Å². The first-order chi connectivity index (χ1) is 11.0. The van der Waals surface area contributed by atoms with Crippen LogP contribution in [0.15, 0.2) is 23.0 Å². The van der Waals surface area contributed by atoms with Crippen LogP contribution in [0.3, 0.4) is 0 Å². The van der Waals surface area contributed by atoms with Crippen LogP contribution in [0.5, 0.6) is 0 Å². The third kappa shape index (κ3) is 3.20. The molecule has 3 N–H and O–H groups in total. The largest absolute Gasteiger partial charge is 0.358 e. The van der Waals surface area contributed by atoms with Gasteiger partial charge in [-0.3, -0.25) is 4.79 Å². The number of hydrogen-bond acceptors (Lipinski definition) is 6. The van der Waals surface area contributed by atoms with E-state index in [0.717, 1.165) is 36.9 Å². The second-order valence-corrected chi connectivity index (χ2v) is 7.05. The highest BCUT2D eigenvalue weighted by molar-refractivity contribution is 7.14. The summed E-state index contributed by atoms with van der Waals surface area (Å²) in [5.74, 6) is 6.64. The first-order valence-electron chi connectivity index (χ1n) is 7.74. The van der Waals surface area contributed by atoms with Gasteiger partial charge in [-0.15, -0.1) is 0 Å². The molecule has 0 unspecified atom stereocenters. The molecule has 3 rings (SSSR count). The Morgan fingerprint density at radius 1 is 1.13 bits per heavy atom. The maximum absolute atomic E-state index is 12.1. The van der Waals surface area contributed by atoms with Gasteiger partial charge < -0.3 is 21.0 Å². The van der Waals surface area contributed by atoms with Crippen molar-refractivity contribution in [1.82, 2.24) is 9.58 Å². The van der Waals surface area contributed by atoms with Gasteiger partial charge in [0.2, 0.25) is 0 Å². The minimum atomic E-state index is -0.148. The molecular formula is C16H23N5OS. The summed E-state index contributed by atoms with van der Waals surface area (Å²) in [6.45, 7) is 7.93. The number of likely N-dealkylation sites (N-methyl/N-ethyl adjacent to an activating group) is 1. The maximum Gasteiger partial charge on any atom is 0.329 e. The zero-order chi connectivity index (χ0) is 16.6. The van der Waals surface area contributed by atoms with E-state index in [1.165, 1.54) is 27.1 Å². The molecular weight excluding hydrogens is 310 g/mol. The number of thiazole rings is 1. The van der Waals surface area contributed by atoms with Gasteiger partial charge in [-0.1, -0.05) is 17.4 Å². The Morgan fingerprint density at radius 2 is 1.83 bits per heavy atom. The average molecular weight is 333 g/mol. The number of nitrogens with one attached hydrogen (secondary N) is 1. The number of aromatic nitrogens is 1. The number of nitrogens with zero attached hydrogens (tertiary/aromatic N) is 3. The monoisotopic (exact) mass is 333 g/mol. The molecule has 0 radical (unpaired) electrons. The zero-order valence-corrected chi connectivity index (χ0v) is 14.6. The van der Waals surface area contributed by atoms with Gasteiger partial charge in [0.1, 0.15) is 5.00 Å². The van der Waals surface area contributed by atoms with Crippen molar-refractivity contribution >= 4 is 27.8 Å². The van der Waals surface area contributed by atoms with Crippen LogP contribution in [0, 0.1) is 13.8 Å². The Bertz CT molecular complexity index is 758. The summed E-state index contributed by atoms with van der Waals surface area (Å²) in [6.07, 6.45) is 0. The summed E-state index contributed by atoms with van der Waals surface area (Å²) in [7, 11) is 2.11. The summed E-state index contributed by atoms with van der Waals surface area (Å²) in [5.41, 5.74) is 3.39. The first kappa shape index (κ1) is 15.9. The fourth-order valence-corrected chi connectivity index (χ4v) is 3.58. The molecule has 0 amide bonds. The van der Waals surface area contributed by atoms with Crippen LogP contribution in [0.25, 0.3) is 0 Å². The van der Waals surface area contributed by atoms with E-state index >= 15 is 0 Å². The number of anilines is 3. The first-order valence-corrected chi connectivity index (χ1v) is 8.56. The molecule has 6 nitrogen and oxygen atoms in total. The average Bonchev–Trinajstić information content (AvgIpc) is 2.80. The molecule has 1 aromatic carbocycles. The molecule has 124 valence electrons. The van der Waals surface area contributed by atoms with Crippen molar-refractivity contribution in [3.63, 3.8) is 0 Å². The Kier molecular flexibility index (Phi) is 4.32. The van der Waals surface area contributed by atoms with E-state index in [4.69, 9.17) is 5.84 Å². The minimum Gasteiger partial charge on any atom is -0.358 e. The summed E-state index contributed by atoms with van der Waals surface area (Å²) >= 11 is 1.20. The highest BCUT2D eigenvalue weighted by Gasteiger charge is 2.22. The lowest BCUT2D eigenvalue weighted by Crippen LogP contribution is -2.44. The number of benzene rings is 1. The molecule has 2 aromatic rings. The fraction of sp³-hybridized carbons (Fsp3) is 0.438. The van der Waals surface area contributed by atoms with E-state index in [9.17, 15) is 4.79 Å². The predicted octanol–water partition coefficient (Wildman–Crippen LogP) is 1.74. The number of nitrogen functional groups attached to an aromatic ring is 1. The zero-order valence-electron chi connectivity index (χ0n) is 13.8. The number of aryl methyl sites for hydroxylation is 2. The van der Waals surface area contributed by atoms with Crippen molar-refractivity contribution in [2.75, 3.05) is 49.3 Å². The third-order valence-electron chi connectivity index (χ3n) is 4.38. The van der Waals surface area contributed by atoms with Crippen molar-refractivity contribution in [1.29, 1.82) is 0 Å². The van der Waals surface area contributed by atoms with Gasteiger partial charge in [0.25, 0.3) is 0 Å². The third-order valence-corrected chi connectivity index (χ3v) is 5.40. The number of piperazine rings is 1. The number of hydrogen-bond donors (Lipinski definition) is 2. The lowest BCUT2D eigenvalue weighted by molar-refractivity contribution is 0.313. The molecule has 1 aromatic heterocycles. The van der Waals surface area contributed by atoms with Crippen molar-refractivity contribution in [3.05, 3.63) is 39.0 Å². The van der Waals surface area contributed by atoms with Crippen LogP contribution in [0.1, 0.15) is 11.1 Å². The van der Waals surface area contributed by atoms with Gasteiger partial charge in [0, 0.05) is 31.9 Å². The maximum atomic E-state index is 12.1. The van der Waals surface area contributed by atoms with Crippen LogP contribution in [-0.2, 0) is 0 Å². The van der Waals surface area contributed by atoms with Crippen molar-refractivity contribution in [2.24, 2.45) is 0 Å². The van der Waals surface area contributed by atoms with Gasteiger partial charge in [-0.05, 0) is 44.2 Å². The minimum absolute atomic E-state index is 0.148. The summed E-state index contributed by atoms with van der Waals surface area (Å²) in [6, 6.07) is 6.15. The van der Waals surface area contributed by atoms with Crippen LogP contribution >= 0.6 is 11.3 Å². The number of rotatable bonds is 3. The van der Waals surface area contributed by atoms with Crippen molar-refractivity contribution in [3.8, 4) is 0 Å². The molecule has 23 heavy (non-hydrogen) atoms. The van der Waals surface area contributed by atoms with E-state index in [1.807, 2.05) is 6.07 Å². The Morgan fingerprint density at radius 3 is 2.48 bits per heavy atom. The fourth-order valence-electron chi connectivity index (χ4n) is 2.67. The molecule has 0 aliphatic carbocycles. The molecule has 0 bridgehead atoms. The summed E-state index contributed by atoms with van der Waals surface area (Å²) in [4.78, 5) is 16.4. The lowest BCUT2D eigenvalue weighted by Gasteiger charge is -2.33. The lowest BCUT2D eigenvalue weighted by atomic mass is 10.1. The van der Waals surface area contributed by atoms with Crippen molar-refractivity contribution < 1.29 is 0 Å². The Balaban J connectivity index is 1.92. The second-order valence-electron chi connectivity index (χ2n) is 6.11. The Labute approximate surface area is 140 Å². The molecule has 0 atom stereocenters. The van der Waals surface area contributed by atoms with Crippen LogP contribution < -0.4 is 20.9 Å². The van der Waals surface area contributed by atoms with Gasteiger partial charge in [-0.25, -0.2) is 0 Å². The molecule has 0 saturated carbocycles. The van der Waals surface area contributed by atoms with Crippen molar-refractivity contribution in [2.45, 2.75) is 13.8 Å². The van der Waals surface area contributed by atoms with E-state index in [-0.39, 0.29) is 4.87 Å². The molecule has 1 saturated heterocycles. The van der Waals surface area contributed by atoms with Crippen LogP contribution in [0.4, 0.5) is 16.5 Å². The summed E-state index contributed by atoms with van der Waals surface area (Å²) in [5, 5.41) is 4.25. The van der Waals surface area contributed by atoms with E-state index in [0.29, 0.717) is 5.82 Å². The van der Waals surface area contributed by atoms with Gasteiger partial charge in [0.15, 0.2) is 5.82 Å². The molecule has 7 heteroatoms. The second kappa shape index (κ2) is 6.25. The topological polar surface area (TPSA) is 66.5 Å². The van der Waals surface area contributed by atoms with Gasteiger partial charge in [0.05, 0.1) is 0 Å². The van der Waals surface area contributed by atoms with Gasteiger partial charge in [-0.2, -0.15) is 4.68 Å². The highest BCUT2D eigenvalue weighted by Crippen LogP contribution is 2.32. The quantitative estimate of drug-likeness (QED) is 0.838. The molecule has 1 aliphatic rings. The van der Waals surface area contributed by atoms with Crippen LogP contribution in [0.2, 0.25) is 0 Å². The molecule has 1 fully saturated rings. The summed E-state index contributed by atoms with van der Waals surface area (Å²) < 4.78 is 1.22. The molecule has 0 spiro atoms. The Hall–Kier alpha value is -1.99. The highest BCUT2D eigenvalue weighted by atomic mass is 32.1. The molecule has 2 heterocycles. The predicted molar refractivity (Wildman–Crippen MR) is 97.6 cm³/mol. The smallest absolute Gasteiger partial charge is 0.329 e. The van der Waals surface area contributed by atoms with E-state index in [2.05, 4.69) is 48.1 Å². The SMILES string of the molecule is Cc1ccc(Nc2c(N3CCN(C)CC3)sc(=O)n2N)cc1C. The normalized spacial score (nSPS) is 15.9. The number of nitrogens with two attached hydrogens (primary N) is 1.